The number of carbonyl (C=O) groups is 1. The van der Waals surface area contributed by atoms with Crippen molar-refractivity contribution in [3.05, 3.63) is 87.7 Å². The van der Waals surface area contributed by atoms with Gasteiger partial charge in [-0.25, -0.2) is 0 Å². The van der Waals surface area contributed by atoms with Gasteiger partial charge >= 0.3 is 0 Å². The van der Waals surface area contributed by atoms with Gasteiger partial charge in [0.25, 0.3) is 11.5 Å². The summed E-state index contributed by atoms with van der Waals surface area (Å²) in [5.74, 6) is 1.43. The summed E-state index contributed by atoms with van der Waals surface area (Å²) in [6.45, 7) is 2.02. The first kappa shape index (κ1) is 24.7. The van der Waals surface area contributed by atoms with Crippen LogP contribution in [0.3, 0.4) is 0 Å². The monoisotopic (exact) mass is 488 g/mol. The Morgan fingerprint density at radius 2 is 1.50 bits per heavy atom. The Bertz CT molecular complexity index is 1430. The van der Waals surface area contributed by atoms with Crippen molar-refractivity contribution in [2.75, 3.05) is 33.3 Å². The Hall–Kier alpha value is -4.46. The molecule has 0 aliphatic carbocycles. The van der Waals surface area contributed by atoms with Gasteiger partial charge in [0.05, 0.1) is 40.5 Å². The van der Waals surface area contributed by atoms with Gasteiger partial charge in [0.2, 0.25) is 5.75 Å². The van der Waals surface area contributed by atoms with Gasteiger partial charge < -0.3 is 28.8 Å². The van der Waals surface area contributed by atoms with Crippen LogP contribution in [0.1, 0.15) is 21.5 Å². The van der Waals surface area contributed by atoms with Crippen LogP contribution in [0, 0.1) is 6.92 Å². The summed E-state index contributed by atoms with van der Waals surface area (Å²) >= 11 is 0. The van der Waals surface area contributed by atoms with Gasteiger partial charge in [-0.1, -0.05) is 17.7 Å². The van der Waals surface area contributed by atoms with Gasteiger partial charge in [0, 0.05) is 22.9 Å². The number of hydrogen-bond donors (Lipinski definition) is 1. The maximum absolute atomic E-state index is 13.9. The van der Waals surface area contributed by atoms with Crippen LogP contribution in [0.4, 0.5) is 5.69 Å². The number of aryl methyl sites for hydroxylation is 1. The molecule has 1 aromatic heterocycles. The Kier molecular flexibility index (Phi) is 7.15. The van der Waals surface area contributed by atoms with E-state index in [1.165, 1.54) is 21.3 Å². The SMILES string of the molecule is COc1ccc2cc(CN(C(=O)c3cc(OC)c(OC)c(OC)c3)c3ccc(C)cc3)c(=O)[nH]c2c1. The molecule has 0 spiro atoms. The van der Waals surface area contributed by atoms with Crippen molar-refractivity contribution in [3.63, 3.8) is 0 Å². The maximum atomic E-state index is 13.9. The first-order valence-corrected chi connectivity index (χ1v) is 11.3. The number of benzene rings is 3. The highest BCUT2D eigenvalue weighted by atomic mass is 16.5. The number of amides is 1. The predicted molar refractivity (Wildman–Crippen MR) is 139 cm³/mol. The number of aromatic nitrogens is 1. The average Bonchev–Trinajstić information content (AvgIpc) is 2.90. The molecule has 36 heavy (non-hydrogen) atoms. The van der Waals surface area contributed by atoms with E-state index in [9.17, 15) is 9.59 Å². The van der Waals surface area contributed by atoms with Crippen LogP contribution in [-0.4, -0.2) is 39.3 Å². The van der Waals surface area contributed by atoms with Gasteiger partial charge in [0.15, 0.2) is 11.5 Å². The molecule has 0 radical (unpaired) electrons. The fourth-order valence-corrected chi connectivity index (χ4v) is 4.01. The predicted octanol–water partition coefficient (Wildman–Crippen LogP) is 4.72. The van der Waals surface area contributed by atoms with Crippen molar-refractivity contribution < 1.29 is 23.7 Å². The third kappa shape index (κ3) is 4.84. The lowest BCUT2D eigenvalue weighted by atomic mass is 10.1. The lowest BCUT2D eigenvalue weighted by molar-refractivity contribution is 0.0984. The highest BCUT2D eigenvalue weighted by molar-refractivity contribution is 6.06. The Morgan fingerprint density at radius 3 is 2.08 bits per heavy atom. The zero-order valence-electron chi connectivity index (χ0n) is 20.9. The van der Waals surface area contributed by atoms with E-state index in [2.05, 4.69) is 4.98 Å². The van der Waals surface area contributed by atoms with Gasteiger partial charge in [-0.05, 0) is 54.8 Å². The Balaban J connectivity index is 1.80. The minimum Gasteiger partial charge on any atom is -0.497 e. The van der Waals surface area contributed by atoms with E-state index in [4.69, 9.17) is 18.9 Å². The molecule has 0 saturated carbocycles. The lowest BCUT2D eigenvalue weighted by Crippen LogP contribution is -2.33. The van der Waals surface area contributed by atoms with Crippen molar-refractivity contribution >= 4 is 22.5 Å². The molecular formula is C28H28N2O6. The van der Waals surface area contributed by atoms with Crippen molar-refractivity contribution in [2.45, 2.75) is 13.5 Å². The van der Waals surface area contributed by atoms with Crippen LogP contribution in [0.5, 0.6) is 23.0 Å². The Labute approximate surface area is 209 Å². The van der Waals surface area contributed by atoms with E-state index in [1.54, 1.807) is 36.3 Å². The summed E-state index contributed by atoms with van der Waals surface area (Å²) in [5, 5.41) is 0.828. The van der Waals surface area contributed by atoms with E-state index in [1.807, 2.05) is 43.3 Å². The minimum absolute atomic E-state index is 0.0514. The smallest absolute Gasteiger partial charge is 0.258 e. The molecule has 0 unspecified atom stereocenters. The molecule has 0 fully saturated rings. The summed E-state index contributed by atoms with van der Waals surface area (Å²) in [7, 11) is 6.06. The fraction of sp³-hybridized carbons (Fsp3) is 0.214. The number of nitrogens with zero attached hydrogens (tertiary/aromatic N) is 1. The van der Waals surface area contributed by atoms with Crippen molar-refractivity contribution in [3.8, 4) is 23.0 Å². The largest absolute Gasteiger partial charge is 0.497 e. The molecule has 0 saturated heterocycles. The number of pyridine rings is 1. The van der Waals surface area contributed by atoms with E-state index >= 15 is 0 Å². The first-order valence-electron chi connectivity index (χ1n) is 11.3. The quantitative estimate of drug-likeness (QED) is 0.386. The highest BCUT2D eigenvalue weighted by Gasteiger charge is 2.24. The summed E-state index contributed by atoms with van der Waals surface area (Å²) in [5.41, 5.74) is 2.83. The summed E-state index contributed by atoms with van der Waals surface area (Å²) in [4.78, 5) is 31.3. The number of aromatic amines is 1. The molecule has 8 heteroatoms. The number of H-pyrrole nitrogens is 1. The molecule has 0 atom stereocenters. The Morgan fingerprint density at radius 1 is 0.833 bits per heavy atom. The number of rotatable bonds is 8. The maximum Gasteiger partial charge on any atom is 0.258 e. The number of nitrogens with one attached hydrogen (secondary N) is 1. The number of methoxy groups -OCH3 is 4. The second kappa shape index (κ2) is 10.4. The number of carbonyl (C=O) groups excluding carboxylic acids is 1. The van der Waals surface area contributed by atoms with Crippen LogP contribution in [0.15, 0.2) is 65.5 Å². The zero-order valence-corrected chi connectivity index (χ0v) is 20.9. The fourth-order valence-electron chi connectivity index (χ4n) is 4.01. The normalized spacial score (nSPS) is 10.7. The molecule has 186 valence electrons. The van der Waals surface area contributed by atoms with Gasteiger partial charge in [-0.2, -0.15) is 0 Å². The van der Waals surface area contributed by atoms with Crippen LogP contribution >= 0.6 is 0 Å². The molecule has 4 aromatic rings. The topological polar surface area (TPSA) is 90.1 Å². The van der Waals surface area contributed by atoms with Gasteiger partial charge in [0.1, 0.15) is 5.75 Å². The molecule has 0 aliphatic rings. The van der Waals surface area contributed by atoms with E-state index in [0.717, 1.165) is 10.9 Å². The van der Waals surface area contributed by atoms with Gasteiger partial charge in [-0.3, -0.25) is 9.59 Å². The number of anilines is 1. The molecule has 8 nitrogen and oxygen atoms in total. The number of fused-ring (bicyclic) bond motifs is 1. The lowest BCUT2D eigenvalue weighted by Gasteiger charge is -2.24. The van der Waals surface area contributed by atoms with E-state index < -0.39 is 0 Å². The number of hydrogen-bond acceptors (Lipinski definition) is 6. The van der Waals surface area contributed by atoms with Crippen molar-refractivity contribution in [2.24, 2.45) is 0 Å². The third-order valence-corrected chi connectivity index (χ3v) is 5.96. The molecule has 0 bridgehead atoms. The van der Waals surface area contributed by atoms with Crippen LogP contribution in [-0.2, 0) is 6.54 Å². The van der Waals surface area contributed by atoms with Crippen LogP contribution in [0.2, 0.25) is 0 Å². The molecule has 4 rings (SSSR count). The molecule has 0 aliphatic heterocycles. The minimum atomic E-state index is -0.327. The van der Waals surface area contributed by atoms with Crippen molar-refractivity contribution in [1.82, 2.24) is 4.98 Å². The van der Waals surface area contributed by atoms with E-state index in [0.29, 0.717) is 45.3 Å². The molecular weight excluding hydrogens is 460 g/mol. The average molecular weight is 489 g/mol. The number of ether oxygens (including phenoxy) is 4. The van der Waals surface area contributed by atoms with Crippen molar-refractivity contribution in [1.29, 1.82) is 0 Å². The standard InChI is InChI=1S/C28H28N2O6/c1-17-6-9-21(10-7-17)30(28(32)19-13-24(34-3)26(36-5)25(14-19)35-4)16-20-12-18-8-11-22(33-2)15-23(18)29-27(20)31/h6-15H,16H2,1-5H3,(H,29,31). The molecule has 1 N–H and O–H groups in total. The summed E-state index contributed by atoms with van der Waals surface area (Å²) in [6.07, 6.45) is 0. The van der Waals surface area contributed by atoms with Gasteiger partial charge in [-0.15, -0.1) is 0 Å². The highest BCUT2D eigenvalue weighted by Crippen LogP contribution is 2.39. The zero-order chi connectivity index (χ0) is 25.8. The molecule has 3 aromatic carbocycles. The van der Waals surface area contributed by atoms with Crippen LogP contribution in [0.25, 0.3) is 10.9 Å². The molecule has 1 heterocycles. The third-order valence-electron chi connectivity index (χ3n) is 5.96. The second-order valence-corrected chi connectivity index (χ2v) is 8.22. The summed E-state index contributed by atoms with van der Waals surface area (Å²) < 4.78 is 21.5. The first-order chi connectivity index (χ1) is 17.4. The van der Waals surface area contributed by atoms with Crippen LogP contribution < -0.4 is 29.4 Å². The van der Waals surface area contributed by atoms with E-state index in [-0.39, 0.29) is 18.0 Å². The second-order valence-electron chi connectivity index (χ2n) is 8.22. The summed E-state index contributed by atoms with van der Waals surface area (Å²) in [6, 6.07) is 18.0. The molecule has 1 amide bonds.